The second kappa shape index (κ2) is 5.17. The van der Waals surface area contributed by atoms with Crippen molar-refractivity contribution in [3.63, 3.8) is 0 Å². The van der Waals surface area contributed by atoms with E-state index in [1.54, 1.807) is 12.1 Å². The Morgan fingerprint density at radius 3 is 2.90 bits per heavy atom. The minimum atomic E-state index is -0.297. The van der Waals surface area contributed by atoms with E-state index in [-0.39, 0.29) is 5.82 Å². The highest BCUT2D eigenvalue weighted by molar-refractivity contribution is 7.16. The van der Waals surface area contributed by atoms with Gasteiger partial charge in [0.1, 0.15) is 16.5 Å². The molecule has 1 N–H and O–H groups in total. The van der Waals surface area contributed by atoms with Crippen molar-refractivity contribution in [1.29, 1.82) is 0 Å². The number of nitrogens with zero attached hydrogens (tertiary/aromatic N) is 2. The van der Waals surface area contributed by atoms with Gasteiger partial charge in [-0.2, -0.15) is 0 Å². The summed E-state index contributed by atoms with van der Waals surface area (Å²) in [6.45, 7) is 4.70. The zero-order valence-electron chi connectivity index (χ0n) is 11.3. The highest BCUT2D eigenvalue weighted by Crippen LogP contribution is 2.29. The van der Waals surface area contributed by atoms with Gasteiger partial charge in [-0.15, -0.1) is 11.3 Å². The SMILES string of the molecule is CCNc1nc(-c2cc(C)ccc2F)nc2sccc12. The molecule has 0 atom stereocenters. The number of aromatic nitrogens is 2. The number of aryl methyl sites for hydroxylation is 1. The van der Waals surface area contributed by atoms with E-state index in [0.717, 1.165) is 28.1 Å². The zero-order chi connectivity index (χ0) is 14.1. The molecule has 2 heterocycles. The van der Waals surface area contributed by atoms with Crippen molar-refractivity contribution in [1.82, 2.24) is 9.97 Å². The van der Waals surface area contributed by atoms with Crippen LogP contribution in [0.5, 0.6) is 0 Å². The Balaban J connectivity index is 2.23. The van der Waals surface area contributed by atoms with Crippen molar-refractivity contribution in [2.45, 2.75) is 13.8 Å². The second-order valence-corrected chi connectivity index (χ2v) is 5.44. The molecule has 3 nitrogen and oxygen atoms in total. The Bertz CT molecular complexity index is 767. The molecule has 102 valence electrons. The first-order valence-corrected chi connectivity index (χ1v) is 7.32. The van der Waals surface area contributed by atoms with Gasteiger partial charge in [-0.25, -0.2) is 14.4 Å². The van der Waals surface area contributed by atoms with Gasteiger partial charge < -0.3 is 5.32 Å². The van der Waals surface area contributed by atoms with Gasteiger partial charge in [0.15, 0.2) is 5.82 Å². The van der Waals surface area contributed by atoms with Crippen molar-refractivity contribution in [3.05, 3.63) is 41.0 Å². The van der Waals surface area contributed by atoms with Gasteiger partial charge >= 0.3 is 0 Å². The average Bonchev–Trinajstić information content (AvgIpc) is 2.90. The highest BCUT2D eigenvalue weighted by Gasteiger charge is 2.13. The lowest BCUT2D eigenvalue weighted by Crippen LogP contribution is -2.02. The lowest BCUT2D eigenvalue weighted by atomic mass is 10.1. The van der Waals surface area contributed by atoms with Gasteiger partial charge in [0, 0.05) is 6.54 Å². The lowest BCUT2D eigenvalue weighted by Gasteiger charge is -2.08. The normalized spacial score (nSPS) is 10.9. The van der Waals surface area contributed by atoms with Crippen LogP contribution in [0.2, 0.25) is 0 Å². The first-order chi connectivity index (χ1) is 9.69. The molecule has 1 aromatic carbocycles. The molecule has 20 heavy (non-hydrogen) atoms. The summed E-state index contributed by atoms with van der Waals surface area (Å²) in [7, 11) is 0. The molecule has 0 unspecified atom stereocenters. The Morgan fingerprint density at radius 2 is 2.10 bits per heavy atom. The molecule has 0 aliphatic rings. The second-order valence-electron chi connectivity index (χ2n) is 4.55. The van der Waals surface area contributed by atoms with Crippen LogP contribution in [0.1, 0.15) is 12.5 Å². The summed E-state index contributed by atoms with van der Waals surface area (Å²) in [5.41, 5.74) is 1.43. The molecular weight excluding hydrogens is 273 g/mol. The van der Waals surface area contributed by atoms with E-state index in [1.165, 1.54) is 17.4 Å². The van der Waals surface area contributed by atoms with Crippen molar-refractivity contribution in [3.8, 4) is 11.4 Å². The molecule has 0 radical (unpaired) electrons. The van der Waals surface area contributed by atoms with E-state index in [9.17, 15) is 4.39 Å². The van der Waals surface area contributed by atoms with E-state index in [4.69, 9.17) is 0 Å². The quantitative estimate of drug-likeness (QED) is 0.783. The summed E-state index contributed by atoms with van der Waals surface area (Å²) in [5.74, 6) is 0.890. The smallest absolute Gasteiger partial charge is 0.166 e. The summed E-state index contributed by atoms with van der Waals surface area (Å²) in [5, 5.41) is 6.16. The topological polar surface area (TPSA) is 37.8 Å². The predicted molar refractivity (Wildman–Crippen MR) is 81.7 cm³/mol. The maximum atomic E-state index is 14.0. The van der Waals surface area contributed by atoms with E-state index in [1.807, 2.05) is 25.3 Å². The summed E-state index contributed by atoms with van der Waals surface area (Å²) in [6, 6.07) is 6.96. The van der Waals surface area contributed by atoms with Gasteiger partial charge in [0.25, 0.3) is 0 Å². The molecule has 0 fully saturated rings. The van der Waals surface area contributed by atoms with Crippen LogP contribution in [0.3, 0.4) is 0 Å². The van der Waals surface area contributed by atoms with E-state index >= 15 is 0 Å². The zero-order valence-corrected chi connectivity index (χ0v) is 12.1. The Hall–Kier alpha value is -2.01. The summed E-state index contributed by atoms with van der Waals surface area (Å²) in [4.78, 5) is 9.82. The van der Waals surface area contributed by atoms with E-state index in [0.29, 0.717) is 11.4 Å². The minimum absolute atomic E-state index is 0.297. The molecule has 2 aromatic heterocycles. The molecule has 0 spiro atoms. The van der Waals surface area contributed by atoms with Gasteiger partial charge in [-0.05, 0) is 37.4 Å². The van der Waals surface area contributed by atoms with Crippen LogP contribution in [-0.4, -0.2) is 16.5 Å². The molecule has 0 aliphatic heterocycles. The van der Waals surface area contributed by atoms with Crippen molar-refractivity contribution >= 4 is 27.4 Å². The van der Waals surface area contributed by atoms with Gasteiger partial charge in [0.2, 0.25) is 0 Å². The van der Waals surface area contributed by atoms with Crippen LogP contribution in [0.4, 0.5) is 10.2 Å². The Labute approximate surface area is 120 Å². The van der Waals surface area contributed by atoms with Crippen LogP contribution < -0.4 is 5.32 Å². The molecule has 0 amide bonds. The third-order valence-electron chi connectivity index (χ3n) is 3.03. The maximum Gasteiger partial charge on any atom is 0.166 e. The summed E-state index contributed by atoms with van der Waals surface area (Å²) < 4.78 is 14.0. The van der Waals surface area contributed by atoms with Crippen LogP contribution in [-0.2, 0) is 0 Å². The number of fused-ring (bicyclic) bond motifs is 1. The third-order valence-corrected chi connectivity index (χ3v) is 3.84. The highest BCUT2D eigenvalue weighted by atomic mass is 32.1. The molecule has 0 saturated heterocycles. The molecular formula is C15H14FN3S. The van der Waals surface area contributed by atoms with Crippen LogP contribution >= 0.6 is 11.3 Å². The number of rotatable bonds is 3. The fraction of sp³-hybridized carbons (Fsp3) is 0.200. The van der Waals surface area contributed by atoms with Crippen LogP contribution in [0, 0.1) is 12.7 Å². The fourth-order valence-electron chi connectivity index (χ4n) is 2.09. The number of hydrogen-bond acceptors (Lipinski definition) is 4. The Morgan fingerprint density at radius 1 is 1.25 bits per heavy atom. The molecule has 0 saturated carbocycles. The van der Waals surface area contributed by atoms with Gasteiger partial charge in [0.05, 0.1) is 10.9 Å². The molecule has 0 bridgehead atoms. The number of nitrogens with one attached hydrogen (secondary N) is 1. The van der Waals surface area contributed by atoms with Crippen molar-refractivity contribution < 1.29 is 4.39 Å². The van der Waals surface area contributed by atoms with Crippen molar-refractivity contribution in [2.75, 3.05) is 11.9 Å². The number of anilines is 1. The number of thiophene rings is 1. The Kier molecular flexibility index (Phi) is 3.36. The minimum Gasteiger partial charge on any atom is -0.370 e. The fourth-order valence-corrected chi connectivity index (χ4v) is 2.85. The average molecular weight is 287 g/mol. The van der Waals surface area contributed by atoms with Crippen molar-refractivity contribution in [2.24, 2.45) is 0 Å². The number of benzene rings is 1. The molecule has 0 aliphatic carbocycles. The van der Waals surface area contributed by atoms with Crippen LogP contribution in [0.15, 0.2) is 29.6 Å². The number of hydrogen-bond donors (Lipinski definition) is 1. The van der Waals surface area contributed by atoms with Gasteiger partial charge in [-0.3, -0.25) is 0 Å². The maximum absolute atomic E-state index is 14.0. The molecule has 3 rings (SSSR count). The third kappa shape index (κ3) is 2.25. The molecule has 3 aromatic rings. The summed E-state index contributed by atoms with van der Waals surface area (Å²) in [6.07, 6.45) is 0. The van der Waals surface area contributed by atoms with Gasteiger partial charge in [-0.1, -0.05) is 11.6 Å². The lowest BCUT2D eigenvalue weighted by molar-refractivity contribution is 0.629. The number of halogens is 1. The predicted octanol–water partition coefficient (Wildman–Crippen LogP) is 4.24. The summed E-state index contributed by atoms with van der Waals surface area (Å²) >= 11 is 1.53. The first-order valence-electron chi connectivity index (χ1n) is 6.44. The van der Waals surface area contributed by atoms with Crippen LogP contribution in [0.25, 0.3) is 21.6 Å². The monoisotopic (exact) mass is 287 g/mol. The first kappa shape index (κ1) is 13.0. The van der Waals surface area contributed by atoms with E-state index < -0.39 is 0 Å². The molecule has 5 heteroatoms. The standard InChI is InChI=1S/C15H14FN3S/c1-3-17-13-10-6-7-20-15(10)19-14(18-13)11-8-9(2)4-5-12(11)16/h4-8H,3H2,1-2H3,(H,17,18,19). The van der Waals surface area contributed by atoms with E-state index in [2.05, 4.69) is 15.3 Å². The largest absolute Gasteiger partial charge is 0.370 e.